The molecular formula is C16H17ClN2O2. The fourth-order valence-electron chi connectivity index (χ4n) is 1.90. The molecule has 0 spiro atoms. The number of nitrogens with zero attached hydrogens (tertiary/aromatic N) is 1. The topological polar surface area (TPSA) is 51.2 Å². The molecule has 110 valence electrons. The maximum Gasteiger partial charge on any atom is 0.341 e. The van der Waals surface area contributed by atoms with Gasteiger partial charge >= 0.3 is 5.97 Å². The van der Waals surface area contributed by atoms with Crippen LogP contribution >= 0.6 is 11.6 Å². The molecule has 1 aromatic carbocycles. The summed E-state index contributed by atoms with van der Waals surface area (Å²) in [4.78, 5) is 16.0. The number of hydrogen-bond donors (Lipinski definition) is 1. The third-order valence-corrected chi connectivity index (χ3v) is 3.17. The summed E-state index contributed by atoms with van der Waals surface area (Å²) in [5, 5.41) is 3.89. The van der Waals surface area contributed by atoms with E-state index in [0.717, 1.165) is 11.4 Å². The van der Waals surface area contributed by atoms with Crippen molar-refractivity contribution in [3.63, 3.8) is 0 Å². The molecule has 0 unspecified atom stereocenters. The highest BCUT2D eigenvalue weighted by Crippen LogP contribution is 2.14. The Kier molecular flexibility index (Phi) is 5.58. The fraction of sp³-hybridized carbons (Fsp3) is 0.250. The number of pyridine rings is 1. The van der Waals surface area contributed by atoms with Gasteiger partial charge in [-0.25, -0.2) is 9.78 Å². The van der Waals surface area contributed by atoms with Crippen LogP contribution in [0.15, 0.2) is 42.6 Å². The van der Waals surface area contributed by atoms with Crippen LogP contribution in [0.1, 0.15) is 22.8 Å². The van der Waals surface area contributed by atoms with Crippen LogP contribution in [0.5, 0.6) is 0 Å². The van der Waals surface area contributed by atoms with E-state index in [1.165, 1.54) is 5.56 Å². The van der Waals surface area contributed by atoms with Crippen molar-refractivity contribution < 1.29 is 9.53 Å². The van der Waals surface area contributed by atoms with Crippen LogP contribution < -0.4 is 5.32 Å². The first kappa shape index (κ1) is 15.3. The van der Waals surface area contributed by atoms with Crippen molar-refractivity contribution in [3.8, 4) is 0 Å². The zero-order chi connectivity index (χ0) is 15.1. The first-order chi connectivity index (χ1) is 10.2. The Morgan fingerprint density at radius 1 is 1.29 bits per heavy atom. The largest absolute Gasteiger partial charge is 0.462 e. The predicted octanol–water partition coefficient (Wildman–Crippen LogP) is 3.57. The average Bonchev–Trinajstić information content (AvgIpc) is 2.50. The number of carbonyl (C=O) groups is 1. The lowest BCUT2D eigenvalue weighted by atomic mass is 10.1. The number of esters is 1. The molecule has 0 amide bonds. The summed E-state index contributed by atoms with van der Waals surface area (Å²) in [6, 6.07) is 11.1. The van der Waals surface area contributed by atoms with Crippen molar-refractivity contribution in [2.45, 2.75) is 13.3 Å². The summed E-state index contributed by atoms with van der Waals surface area (Å²) < 4.78 is 5.01. The second-order valence-corrected chi connectivity index (χ2v) is 4.86. The van der Waals surface area contributed by atoms with Gasteiger partial charge < -0.3 is 10.1 Å². The highest BCUT2D eigenvalue weighted by atomic mass is 35.5. The lowest BCUT2D eigenvalue weighted by molar-refractivity contribution is 0.0527. The second-order valence-electron chi connectivity index (χ2n) is 4.42. The van der Waals surface area contributed by atoms with E-state index in [1.54, 1.807) is 25.3 Å². The highest BCUT2D eigenvalue weighted by molar-refractivity contribution is 6.30. The molecule has 0 bridgehead atoms. The normalized spacial score (nSPS) is 10.2. The van der Waals surface area contributed by atoms with E-state index in [1.807, 2.05) is 24.3 Å². The summed E-state index contributed by atoms with van der Waals surface area (Å²) in [6.45, 7) is 2.80. The van der Waals surface area contributed by atoms with Gasteiger partial charge in [0.25, 0.3) is 0 Å². The number of aromatic nitrogens is 1. The van der Waals surface area contributed by atoms with Crippen LogP contribution in [0.4, 0.5) is 5.82 Å². The van der Waals surface area contributed by atoms with E-state index in [9.17, 15) is 4.79 Å². The first-order valence-corrected chi connectivity index (χ1v) is 7.19. The fourth-order valence-corrected chi connectivity index (χ4v) is 2.02. The molecule has 0 aliphatic rings. The van der Waals surface area contributed by atoms with Crippen molar-refractivity contribution in [1.29, 1.82) is 0 Å². The molecule has 0 saturated heterocycles. The monoisotopic (exact) mass is 304 g/mol. The van der Waals surface area contributed by atoms with E-state index in [0.29, 0.717) is 24.5 Å². The summed E-state index contributed by atoms with van der Waals surface area (Å²) >= 11 is 5.85. The van der Waals surface area contributed by atoms with Crippen molar-refractivity contribution in [3.05, 3.63) is 58.7 Å². The molecule has 0 radical (unpaired) electrons. The second kappa shape index (κ2) is 7.64. The summed E-state index contributed by atoms with van der Waals surface area (Å²) in [5.41, 5.74) is 1.62. The average molecular weight is 305 g/mol. The van der Waals surface area contributed by atoms with E-state index in [2.05, 4.69) is 10.3 Å². The number of anilines is 1. The van der Waals surface area contributed by atoms with Gasteiger partial charge in [-0.05, 0) is 43.2 Å². The standard InChI is InChI=1S/C16H17ClN2O2/c1-2-21-16(20)14-4-3-10-18-15(14)19-11-9-12-5-7-13(17)8-6-12/h3-8,10H,2,9,11H2,1H3,(H,18,19). The molecule has 2 aromatic rings. The first-order valence-electron chi connectivity index (χ1n) is 6.81. The Hall–Kier alpha value is -2.07. The minimum absolute atomic E-state index is 0.345. The Morgan fingerprint density at radius 2 is 2.05 bits per heavy atom. The third kappa shape index (κ3) is 4.46. The molecule has 4 nitrogen and oxygen atoms in total. The zero-order valence-electron chi connectivity index (χ0n) is 11.8. The van der Waals surface area contributed by atoms with Gasteiger partial charge in [-0.15, -0.1) is 0 Å². The van der Waals surface area contributed by atoms with Gasteiger partial charge in [0.1, 0.15) is 11.4 Å². The van der Waals surface area contributed by atoms with Gasteiger partial charge in [0.05, 0.1) is 6.61 Å². The Morgan fingerprint density at radius 3 is 2.76 bits per heavy atom. The van der Waals surface area contributed by atoms with Gasteiger partial charge in [-0.3, -0.25) is 0 Å². The number of hydrogen-bond acceptors (Lipinski definition) is 4. The zero-order valence-corrected chi connectivity index (χ0v) is 12.6. The van der Waals surface area contributed by atoms with E-state index >= 15 is 0 Å². The van der Waals surface area contributed by atoms with E-state index in [-0.39, 0.29) is 5.97 Å². The minimum atomic E-state index is -0.361. The Labute approximate surface area is 129 Å². The maximum atomic E-state index is 11.8. The highest BCUT2D eigenvalue weighted by Gasteiger charge is 2.12. The number of benzene rings is 1. The number of nitrogens with one attached hydrogen (secondary N) is 1. The van der Waals surface area contributed by atoms with Gasteiger partial charge in [-0.1, -0.05) is 23.7 Å². The number of rotatable bonds is 6. The molecular weight excluding hydrogens is 288 g/mol. The molecule has 0 aliphatic heterocycles. The van der Waals surface area contributed by atoms with Crippen molar-refractivity contribution in [2.75, 3.05) is 18.5 Å². The SMILES string of the molecule is CCOC(=O)c1cccnc1NCCc1ccc(Cl)cc1. The van der Waals surface area contributed by atoms with E-state index < -0.39 is 0 Å². The summed E-state index contributed by atoms with van der Waals surface area (Å²) in [6.07, 6.45) is 2.46. The van der Waals surface area contributed by atoms with Crippen LogP contribution in [-0.4, -0.2) is 24.1 Å². The Balaban J connectivity index is 1.96. The summed E-state index contributed by atoms with van der Waals surface area (Å²) in [5.74, 6) is 0.185. The van der Waals surface area contributed by atoms with Crippen LogP contribution in [0.3, 0.4) is 0 Å². The molecule has 21 heavy (non-hydrogen) atoms. The smallest absolute Gasteiger partial charge is 0.341 e. The van der Waals surface area contributed by atoms with Crippen LogP contribution in [0.2, 0.25) is 5.02 Å². The number of halogens is 1. The van der Waals surface area contributed by atoms with Gasteiger partial charge in [-0.2, -0.15) is 0 Å². The molecule has 2 rings (SSSR count). The number of ether oxygens (including phenoxy) is 1. The summed E-state index contributed by atoms with van der Waals surface area (Å²) in [7, 11) is 0. The maximum absolute atomic E-state index is 11.8. The van der Waals surface area contributed by atoms with Crippen molar-refractivity contribution in [2.24, 2.45) is 0 Å². The molecule has 1 N–H and O–H groups in total. The van der Waals surface area contributed by atoms with Crippen LogP contribution in [0.25, 0.3) is 0 Å². The van der Waals surface area contributed by atoms with Gasteiger partial charge in [0.15, 0.2) is 0 Å². The third-order valence-electron chi connectivity index (χ3n) is 2.92. The van der Waals surface area contributed by atoms with E-state index in [4.69, 9.17) is 16.3 Å². The van der Waals surface area contributed by atoms with Crippen LogP contribution in [-0.2, 0) is 11.2 Å². The van der Waals surface area contributed by atoms with Crippen LogP contribution in [0, 0.1) is 0 Å². The molecule has 1 heterocycles. The lowest BCUT2D eigenvalue weighted by Crippen LogP contribution is -2.13. The molecule has 0 aliphatic carbocycles. The van der Waals surface area contributed by atoms with Crippen molar-refractivity contribution >= 4 is 23.4 Å². The minimum Gasteiger partial charge on any atom is -0.462 e. The van der Waals surface area contributed by atoms with Gasteiger partial charge in [0.2, 0.25) is 0 Å². The van der Waals surface area contributed by atoms with Gasteiger partial charge in [0, 0.05) is 17.8 Å². The predicted molar refractivity (Wildman–Crippen MR) is 83.8 cm³/mol. The molecule has 0 saturated carbocycles. The molecule has 0 atom stereocenters. The van der Waals surface area contributed by atoms with Crippen molar-refractivity contribution in [1.82, 2.24) is 4.98 Å². The Bertz CT molecular complexity index is 599. The number of carbonyl (C=O) groups excluding carboxylic acids is 1. The molecule has 0 fully saturated rings. The quantitative estimate of drug-likeness (QED) is 0.829. The molecule has 1 aromatic heterocycles. The molecule has 5 heteroatoms. The lowest BCUT2D eigenvalue weighted by Gasteiger charge is -2.10.